The third-order valence-electron chi connectivity index (χ3n) is 4.71. The zero-order valence-corrected chi connectivity index (χ0v) is 19.2. The Balaban J connectivity index is 1.55. The first-order chi connectivity index (χ1) is 15.1. The summed E-state index contributed by atoms with van der Waals surface area (Å²) in [7, 11) is -6.78. The molecule has 0 atom stereocenters. The molecule has 0 radical (unpaired) electrons. The van der Waals surface area contributed by atoms with E-state index >= 15 is 0 Å². The van der Waals surface area contributed by atoms with Crippen LogP contribution in [0.1, 0.15) is 25.3 Å². The number of rotatable bonds is 9. The molecular formula is C21H23N3O6S2. The summed E-state index contributed by atoms with van der Waals surface area (Å²) < 4.78 is 53.8. The highest BCUT2D eigenvalue weighted by atomic mass is 32.2. The summed E-state index contributed by atoms with van der Waals surface area (Å²) in [5.41, 5.74) is 1.46. The third-order valence-corrected chi connectivity index (χ3v) is 8.28. The first-order valence-electron chi connectivity index (χ1n) is 9.87. The smallest absolute Gasteiger partial charge is 0.322 e. The molecule has 9 nitrogen and oxygen atoms in total. The van der Waals surface area contributed by atoms with E-state index in [-0.39, 0.29) is 46.0 Å². The Hall–Kier alpha value is -3.05. The number of anilines is 1. The summed E-state index contributed by atoms with van der Waals surface area (Å²) in [6, 6.07) is 12.4. The molecule has 1 heterocycles. The number of nitrogens with one attached hydrogen (secondary N) is 1. The second kappa shape index (κ2) is 9.61. The molecule has 0 aliphatic heterocycles. The topological polar surface area (TPSA) is 136 Å². The number of benzene rings is 2. The van der Waals surface area contributed by atoms with Gasteiger partial charge in [-0.25, -0.2) is 16.8 Å². The molecule has 0 bridgehead atoms. The fourth-order valence-electron chi connectivity index (χ4n) is 2.83. The molecule has 3 aromatic rings. The minimum absolute atomic E-state index is 0.00456. The Kier molecular flexibility index (Phi) is 7.09. The summed E-state index contributed by atoms with van der Waals surface area (Å²) in [4.78, 5) is 12.5. The largest absolute Gasteiger partial charge is 0.403 e. The van der Waals surface area contributed by atoms with Crippen molar-refractivity contribution >= 4 is 31.6 Å². The van der Waals surface area contributed by atoms with Gasteiger partial charge in [0.1, 0.15) is 0 Å². The highest BCUT2D eigenvalue weighted by molar-refractivity contribution is 7.91. The van der Waals surface area contributed by atoms with E-state index in [2.05, 4.69) is 15.5 Å². The van der Waals surface area contributed by atoms with Crippen molar-refractivity contribution < 1.29 is 26.0 Å². The standard InChI is InChI=1S/C21H23N3O6S2/c1-3-31(26,27)17-12-8-16(9-13-17)20-23-24-21(30-20)22-19(25)5-4-14-32(28,29)18-10-6-15(2)7-11-18/h6-13H,3-5,14H2,1-2H3,(H,22,24,25). The van der Waals surface area contributed by atoms with Crippen LogP contribution in [0.3, 0.4) is 0 Å². The zero-order chi connectivity index (χ0) is 23.4. The first-order valence-corrected chi connectivity index (χ1v) is 13.2. The second-order valence-corrected chi connectivity index (χ2v) is 11.5. The van der Waals surface area contributed by atoms with Crippen molar-refractivity contribution in [2.24, 2.45) is 0 Å². The Labute approximate surface area is 186 Å². The van der Waals surface area contributed by atoms with Crippen LogP contribution in [0.15, 0.2) is 62.7 Å². The van der Waals surface area contributed by atoms with Gasteiger partial charge in [-0.3, -0.25) is 10.1 Å². The van der Waals surface area contributed by atoms with Crippen LogP contribution in [0.5, 0.6) is 0 Å². The molecule has 0 spiro atoms. The van der Waals surface area contributed by atoms with Crippen LogP contribution < -0.4 is 5.32 Å². The Morgan fingerprint density at radius 3 is 2.12 bits per heavy atom. The number of amides is 1. The Morgan fingerprint density at radius 1 is 0.906 bits per heavy atom. The van der Waals surface area contributed by atoms with Gasteiger partial charge >= 0.3 is 6.01 Å². The number of carbonyl (C=O) groups is 1. The van der Waals surface area contributed by atoms with Gasteiger partial charge in [-0.2, -0.15) is 0 Å². The normalized spacial score (nSPS) is 11.9. The number of aryl methyl sites for hydroxylation is 1. The van der Waals surface area contributed by atoms with Gasteiger partial charge in [-0.1, -0.05) is 29.7 Å². The van der Waals surface area contributed by atoms with Crippen molar-refractivity contribution in [3.8, 4) is 11.5 Å². The van der Waals surface area contributed by atoms with Crippen molar-refractivity contribution in [1.82, 2.24) is 10.2 Å². The number of hydrogen-bond acceptors (Lipinski definition) is 8. The molecule has 3 rings (SSSR count). The van der Waals surface area contributed by atoms with Crippen LogP contribution in [-0.2, 0) is 24.5 Å². The molecule has 0 saturated heterocycles. The number of hydrogen-bond donors (Lipinski definition) is 1. The first kappa shape index (κ1) is 23.6. The minimum Gasteiger partial charge on any atom is -0.403 e. The van der Waals surface area contributed by atoms with Crippen LogP contribution >= 0.6 is 0 Å². The Bertz CT molecular complexity index is 1300. The lowest BCUT2D eigenvalue weighted by Gasteiger charge is -2.05. The van der Waals surface area contributed by atoms with Gasteiger partial charge in [-0.15, -0.1) is 5.10 Å². The van der Waals surface area contributed by atoms with E-state index in [9.17, 15) is 21.6 Å². The molecule has 0 unspecified atom stereocenters. The number of carbonyl (C=O) groups excluding carboxylic acids is 1. The molecular weight excluding hydrogens is 454 g/mol. The maximum absolute atomic E-state index is 12.3. The van der Waals surface area contributed by atoms with E-state index in [1.807, 2.05) is 6.92 Å². The predicted molar refractivity (Wildman–Crippen MR) is 119 cm³/mol. The molecule has 1 amide bonds. The number of aromatic nitrogens is 2. The maximum Gasteiger partial charge on any atom is 0.322 e. The average Bonchev–Trinajstić information content (AvgIpc) is 3.22. The molecule has 1 aromatic heterocycles. The summed E-state index contributed by atoms with van der Waals surface area (Å²) in [6.07, 6.45) is 0.1000. The van der Waals surface area contributed by atoms with E-state index in [4.69, 9.17) is 4.42 Å². The van der Waals surface area contributed by atoms with E-state index in [1.165, 1.54) is 24.3 Å². The van der Waals surface area contributed by atoms with E-state index in [0.29, 0.717) is 5.56 Å². The van der Waals surface area contributed by atoms with Crippen molar-refractivity contribution in [3.63, 3.8) is 0 Å². The number of nitrogens with zero attached hydrogens (tertiary/aromatic N) is 2. The molecule has 11 heteroatoms. The average molecular weight is 478 g/mol. The Morgan fingerprint density at radius 2 is 1.50 bits per heavy atom. The fraction of sp³-hybridized carbons (Fsp3) is 0.286. The molecule has 0 aliphatic rings. The SMILES string of the molecule is CCS(=O)(=O)c1ccc(-c2nnc(NC(=O)CCCS(=O)(=O)c3ccc(C)cc3)o2)cc1. The molecule has 2 aromatic carbocycles. The molecule has 0 aliphatic carbocycles. The van der Waals surface area contributed by atoms with Crippen LogP contribution in [0.4, 0.5) is 6.01 Å². The van der Waals surface area contributed by atoms with Crippen molar-refractivity contribution in [2.75, 3.05) is 16.8 Å². The van der Waals surface area contributed by atoms with Crippen LogP contribution in [-0.4, -0.2) is 44.4 Å². The lowest BCUT2D eigenvalue weighted by Crippen LogP contribution is -2.14. The highest BCUT2D eigenvalue weighted by Crippen LogP contribution is 2.22. The van der Waals surface area contributed by atoms with Crippen molar-refractivity contribution in [2.45, 2.75) is 36.5 Å². The van der Waals surface area contributed by atoms with Crippen LogP contribution in [0, 0.1) is 6.92 Å². The van der Waals surface area contributed by atoms with Gasteiger partial charge in [0.2, 0.25) is 11.8 Å². The molecule has 170 valence electrons. The summed E-state index contributed by atoms with van der Waals surface area (Å²) in [5, 5.41) is 10.0. The van der Waals surface area contributed by atoms with E-state index in [0.717, 1.165) is 5.56 Å². The minimum atomic E-state index is -3.47. The lowest BCUT2D eigenvalue weighted by atomic mass is 10.2. The zero-order valence-electron chi connectivity index (χ0n) is 17.6. The lowest BCUT2D eigenvalue weighted by molar-refractivity contribution is -0.116. The maximum atomic E-state index is 12.3. The van der Waals surface area contributed by atoms with Gasteiger partial charge in [0, 0.05) is 12.0 Å². The molecule has 0 fully saturated rings. The highest BCUT2D eigenvalue weighted by Gasteiger charge is 2.17. The molecule has 0 saturated carbocycles. The summed E-state index contributed by atoms with van der Waals surface area (Å²) >= 11 is 0. The van der Waals surface area contributed by atoms with Gasteiger partial charge < -0.3 is 4.42 Å². The molecule has 1 N–H and O–H groups in total. The second-order valence-electron chi connectivity index (χ2n) is 7.12. The van der Waals surface area contributed by atoms with E-state index < -0.39 is 25.6 Å². The predicted octanol–water partition coefficient (Wildman–Crippen LogP) is 3.03. The van der Waals surface area contributed by atoms with Gasteiger partial charge in [0.05, 0.1) is 21.3 Å². The van der Waals surface area contributed by atoms with Crippen molar-refractivity contribution in [1.29, 1.82) is 0 Å². The summed E-state index contributed by atoms with van der Waals surface area (Å²) in [6.45, 7) is 3.43. The van der Waals surface area contributed by atoms with Gasteiger partial charge in [-0.05, 0) is 49.7 Å². The van der Waals surface area contributed by atoms with Gasteiger partial charge in [0.25, 0.3) is 0 Å². The van der Waals surface area contributed by atoms with Crippen LogP contribution in [0.2, 0.25) is 0 Å². The summed E-state index contributed by atoms with van der Waals surface area (Å²) in [5.74, 6) is -0.507. The van der Waals surface area contributed by atoms with Crippen molar-refractivity contribution in [3.05, 3.63) is 54.1 Å². The number of sulfone groups is 2. The molecule has 32 heavy (non-hydrogen) atoms. The van der Waals surface area contributed by atoms with E-state index in [1.54, 1.807) is 31.2 Å². The third kappa shape index (κ3) is 5.80. The van der Waals surface area contributed by atoms with Crippen LogP contribution in [0.25, 0.3) is 11.5 Å². The fourth-order valence-corrected chi connectivity index (χ4v) is 5.02. The quantitative estimate of drug-likeness (QED) is 0.497. The van der Waals surface area contributed by atoms with Gasteiger partial charge in [0.15, 0.2) is 19.7 Å². The monoisotopic (exact) mass is 477 g/mol.